The highest BCUT2D eigenvalue weighted by molar-refractivity contribution is 6.08. The molecule has 2 aliphatic carbocycles. The molecule has 0 spiro atoms. The fourth-order valence-electron chi connectivity index (χ4n) is 4.28. The van der Waals surface area contributed by atoms with E-state index >= 15 is 0 Å². The number of piperazine rings is 1. The SMILES string of the molecule is O=C(NC1CCCCCC1)C1(C(=O)N2CCN(c3ncccn3)CC2)CC1. The van der Waals surface area contributed by atoms with Crippen molar-refractivity contribution < 1.29 is 9.59 Å². The molecular weight excluding hydrogens is 342 g/mol. The van der Waals surface area contributed by atoms with Crippen molar-refractivity contribution in [3.05, 3.63) is 18.5 Å². The van der Waals surface area contributed by atoms with Crippen LogP contribution in [0.1, 0.15) is 51.4 Å². The number of carbonyl (C=O) groups excluding carboxylic acids is 2. The minimum atomic E-state index is -0.794. The van der Waals surface area contributed by atoms with Crippen LogP contribution in [0, 0.1) is 5.41 Å². The van der Waals surface area contributed by atoms with Crippen molar-refractivity contribution in [1.29, 1.82) is 0 Å². The quantitative estimate of drug-likeness (QED) is 0.644. The van der Waals surface area contributed by atoms with E-state index in [-0.39, 0.29) is 17.9 Å². The number of aromatic nitrogens is 2. The molecule has 4 rings (SSSR count). The molecule has 0 atom stereocenters. The third-order valence-electron chi connectivity index (χ3n) is 6.19. The van der Waals surface area contributed by atoms with Gasteiger partial charge in [0.2, 0.25) is 17.8 Å². The topological polar surface area (TPSA) is 78.4 Å². The summed E-state index contributed by atoms with van der Waals surface area (Å²) in [4.78, 5) is 38.5. The third-order valence-corrected chi connectivity index (χ3v) is 6.19. The summed E-state index contributed by atoms with van der Waals surface area (Å²) < 4.78 is 0. The second-order valence-corrected chi connectivity index (χ2v) is 8.07. The van der Waals surface area contributed by atoms with Gasteiger partial charge in [0.15, 0.2) is 0 Å². The molecule has 27 heavy (non-hydrogen) atoms. The minimum absolute atomic E-state index is 0.0160. The van der Waals surface area contributed by atoms with Crippen LogP contribution in [0.2, 0.25) is 0 Å². The number of hydrogen-bond acceptors (Lipinski definition) is 5. The average molecular weight is 371 g/mol. The van der Waals surface area contributed by atoms with Gasteiger partial charge in [-0.2, -0.15) is 0 Å². The number of anilines is 1. The molecule has 0 radical (unpaired) electrons. The molecule has 1 N–H and O–H groups in total. The first kappa shape index (κ1) is 18.2. The second-order valence-electron chi connectivity index (χ2n) is 8.07. The standard InChI is InChI=1S/C20H29N5O2/c26-17(23-16-6-3-1-2-4-7-16)20(8-9-20)18(27)24-12-14-25(15-13-24)19-21-10-5-11-22-19/h5,10-11,16H,1-4,6-9,12-15H2,(H,23,26). The normalized spacial score (nSPS) is 22.8. The van der Waals surface area contributed by atoms with E-state index in [1.165, 1.54) is 25.7 Å². The van der Waals surface area contributed by atoms with Gasteiger partial charge < -0.3 is 15.1 Å². The van der Waals surface area contributed by atoms with Crippen LogP contribution >= 0.6 is 0 Å². The van der Waals surface area contributed by atoms with Gasteiger partial charge in [-0.1, -0.05) is 25.7 Å². The molecular formula is C20H29N5O2. The predicted octanol–water partition coefficient (Wildman–Crippen LogP) is 1.74. The van der Waals surface area contributed by atoms with E-state index in [1.54, 1.807) is 18.5 Å². The van der Waals surface area contributed by atoms with Gasteiger partial charge in [-0.15, -0.1) is 0 Å². The summed E-state index contributed by atoms with van der Waals surface area (Å²) in [6.45, 7) is 2.65. The van der Waals surface area contributed by atoms with Gasteiger partial charge >= 0.3 is 0 Å². The van der Waals surface area contributed by atoms with E-state index in [0.717, 1.165) is 12.8 Å². The monoisotopic (exact) mass is 371 g/mol. The Labute approximate surface area is 160 Å². The first-order chi connectivity index (χ1) is 13.2. The second kappa shape index (κ2) is 7.82. The van der Waals surface area contributed by atoms with E-state index in [0.29, 0.717) is 45.0 Å². The van der Waals surface area contributed by atoms with Crippen LogP contribution in [0.25, 0.3) is 0 Å². The zero-order chi connectivity index (χ0) is 18.7. The van der Waals surface area contributed by atoms with E-state index < -0.39 is 5.41 Å². The van der Waals surface area contributed by atoms with Gasteiger partial charge in [0.25, 0.3) is 0 Å². The summed E-state index contributed by atoms with van der Waals surface area (Å²) in [6.07, 6.45) is 11.8. The van der Waals surface area contributed by atoms with Crippen molar-refractivity contribution in [2.45, 2.75) is 57.4 Å². The number of rotatable bonds is 4. The van der Waals surface area contributed by atoms with Gasteiger partial charge in [0.1, 0.15) is 5.41 Å². The Bertz CT molecular complexity index is 660. The minimum Gasteiger partial charge on any atom is -0.352 e. The van der Waals surface area contributed by atoms with Crippen LogP contribution in [-0.4, -0.2) is 58.9 Å². The van der Waals surface area contributed by atoms with Gasteiger partial charge in [-0.3, -0.25) is 9.59 Å². The molecule has 0 unspecified atom stereocenters. The number of nitrogens with zero attached hydrogens (tertiary/aromatic N) is 4. The highest BCUT2D eigenvalue weighted by Gasteiger charge is 2.58. The van der Waals surface area contributed by atoms with Crippen molar-refractivity contribution in [1.82, 2.24) is 20.2 Å². The Hall–Kier alpha value is -2.18. The van der Waals surface area contributed by atoms with E-state index in [2.05, 4.69) is 20.2 Å². The van der Waals surface area contributed by atoms with Gasteiger partial charge in [0, 0.05) is 44.6 Å². The fourth-order valence-corrected chi connectivity index (χ4v) is 4.28. The lowest BCUT2D eigenvalue weighted by atomic mass is 10.0. The Balaban J connectivity index is 1.33. The predicted molar refractivity (Wildman–Crippen MR) is 102 cm³/mol. The molecule has 3 fully saturated rings. The number of nitrogens with one attached hydrogen (secondary N) is 1. The smallest absolute Gasteiger partial charge is 0.238 e. The lowest BCUT2D eigenvalue weighted by molar-refractivity contribution is -0.144. The summed E-state index contributed by atoms with van der Waals surface area (Å²) in [5.41, 5.74) is -0.794. The summed E-state index contributed by atoms with van der Waals surface area (Å²) in [6, 6.07) is 2.05. The summed E-state index contributed by atoms with van der Waals surface area (Å²) in [5.74, 6) is 0.687. The molecule has 2 amide bonds. The van der Waals surface area contributed by atoms with Gasteiger partial charge in [0.05, 0.1) is 0 Å². The molecule has 1 saturated heterocycles. The Morgan fingerprint density at radius 3 is 2.19 bits per heavy atom. The molecule has 0 bridgehead atoms. The lowest BCUT2D eigenvalue weighted by Crippen LogP contribution is -2.54. The van der Waals surface area contributed by atoms with Crippen LogP contribution in [0.5, 0.6) is 0 Å². The first-order valence-electron chi connectivity index (χ1n) is 10.3. The van der Waals surface area contributed by atoms with Crippen LogP contribution in [-0.2, 0) is 9.59 Å². The maximum Gasteiger partial charge on any atom is 0.238 e. The molecule has 146 valence electrons. The molecule has 7 heteroatoms. The lowest BCUT2D eigenvalue weighted by Gasteiger charge is -2.36. The fraction of sp³-hybridized carbons (Fsp3) is 0.700. The molecule has 1 aliphatic heterocycles. The molecule has 1 aromatic heterocycles. The Kier molecular flexibility index (Phi) is 5.27. The van der Waals surface area contributed by atoms with Crippen LogP contribution < -0.4 is 10.2 Å². The van der Waals surface area contributed by atoms with Crippen LogP contribution in [0.4, 0.5) is 5.95 Å². The largest absolute Gasteiger partial charge is 0.352 e. The summed E-state index contributed by atoms with van der Waals surface area (Å²) >= 11 is 0. The zero-order valence-corrected chi connectivity index (χ0v) is 15.9. The molecule has 7 nitrogen and oxygen atoms in total. The number of amides is 2. The van der Waals surface area contributed by atoms with E-state index in [9.17, 15) is 9.59 Å². The molecule has 2 saturated carbocycles. The first-order valence-corrected chi connectivity index (χ1v) is 10.3. The number of hydrogen-bond donors (Lipinski definition) is 1. The van der Waals surface area contributed by atoms with Crippen molar-refractivity contribution in [3.8, 4) is 0 Å². The maximum atomic E-state index is 13.1. The van der Waals surface area contributed by atoms with Crippen LogP contribution in [0.3, 0.4) is 0 Å². The van der Waals surface area contributed by atoms with Crippen molar-refractivity contribution >= 4 is 17.8 Å². The van der Waals surface area contributed by atoms with Crippen molar-refractivity contribution in [2.24, 2.45) is 5.41 Å². The average Bonchev–Trinajstić information content (AvgIpc) is 3.54. The van der Waals surface area contributed by atoms with Crippen molar-refractivity contribution in [2.75, 3.05) is 31.1 Å². The molecule has 0 aromatic carbocycles. The van der Waals surface area contributed by atoms with Gasteiger partial charge in [-0.05, 0) is 31.7 Å². The van der Waals surface area contributed by atoms with Crippen molar-refractivity contribution in [3.63, 3.8) is 0 Å². The zero-order valence-electron chi connectivity index (χ0n) is 15.9. The molecule has 2 heterocycles. The molecule has 3 aliphatic rings. The summed E-state index contributed by atoms with van der Waals surface area (Å²) in [7, 11) is 0. The van der Waals surface area contributed by atoms with Gasteiger partial charge in [-0.25, -0.2) is 9.97 Å². The Morgan fingerprint density at radius 2 is 1.59 bits per heavy atom. The van der Waals surface area contributed by atoms with E-state index in [1.807, 2.05) is 4.90 Å². The highest BCUT2D eigenvalue weighted by Crippen LogP contribution is 2.48. The van der Waals surface area contributed by atoms with E-state index in [4.69, 9.17) is 0 Å². The molecule has 1 aromatic rings. The summed E-state index contributed by atoms with van der Waals surface area (Å²) in [5, 5.41) is 3.20. The van der Waals surface area contributed by atoms with Crippen LogP contribution in [0.15, 0.2) is 18.5 Å². The highest BCUT2D eigenvalue weighted by atomic mass is 16.2. The third kappa shape index (κ3) is 3.92. The Morgan fingerprint density at radius 1 is 0.963 bits per heavy atom. The number of carbonyl (C=O) groups is 2. The maximum absolute atomic E-state index is 13.1.